The Hall–Kier alpha value is -3.67. The van der Waals surface area contributed by atoms with E-state index in [1.165, 1.54) is 31.3 Å². The molecule has 0 aliphatic heterocycles. The van der Waals surface area contributed by atoms with Crippen molar-refractivity contribution < 1.29 is 32.3 Å². The van der Waals surface area contributed by atoms with Gasteiger partial charge < -0.3 is 19.6 Å². The molecule has 31 heavy (non-hydrogen) atoms. The molecule has 3 rings (SSSR count). The van der Waals surface area contributed by atoms with Gasteiger partial charge in [-0.25, -0.2) is 4.39 Å². The lowest BCUT2D eigenvalue weighted by atomic mass is 10.1. The summed E-state index contributed by atoms with van der Waals surface area (Å²) in [5.74, 6) is -0.0674. The Labute approximate surface area is 178 Å². The molecule has 1 aromatic heterocycles. The molecule has 0 unspecified atom stereocenters. The number of hydrogen-bond acceptors (Lipinski definition) is 8. The van der Waals surface area contributed by atoms with Crippen LogP contribution in [0, 0.1) is 0 Å². The molecule has 0 saturated heterocycles. The average Bonchev–Trinajstić information content (AvgIpc) is 3.23. The standard InChI is InChI=1S/C19H15F3N4O4S/c1-23-17(27)15(25-28-10-20)13-4-2-3-5-14(13)30-19-24-16(26-31-19)11-6-8-12(9-7-11)29-18(21)22/h2-9,18H,10H2,1H3,(H,23,27)/b25-15+. The molecular weight excluding hydrogens is 437 g/mol. The van der Waals surface area contributed by atoms with E-state index in [0.29, 0.717) is 11.4 Å². The van der Waals surface area contributed by atoms with Crippen LogP contribution in [0.3, 0.4) is 0 Å². The second kappa shape index (κ2) is 10.4. The molecule has 0 saturated carbocycles. The summed E-state index contributed by atoms with van der Waals surface area (Å²) in [6.07, 6.45) is 0. The summed E-state index contributed by atoms with van der Waals surface area (Å²) < 4.78 is 51.2. The van der Waals surface area contributed by atoms with E-state index < -0.39 is 19.4 Å². The van der Waals surface area contributed by atoms with Gasteiger partial charge >= 0.3 is 6.61 Å². The minimum absolute atomic E-state index is 0.0101. The molecule has 1 amide bonds. The Morgan fingerprint density at radius 3 is 2.61 bits per heavy atom. The van der Waals surface area contributed by atoms with Crippen molar-refractivity contribution in [2.24, 2.45) is 5.16 Å². The molecule has 0 aliphatic rings. The number of likely N-dealkylation sites (N-methyl/N-ethyl adjacent to an activating group) is 1. The van der Waals surface area contributed by atoms with Gasteiger partial charge in [-0.05, 0) is 36.4 Å². The molecule has 0 radical (unpaired) electrons. The first-order valence-electron chi connectivity index (χ1n) is 8.66. The summed E-state index contributed by atoms with van der Waals surface area (Å²) in [7, 11) is 1.39. The first-order valence-corrected chi connectivity index (χ1v) is 9.43. The normalized spacial score (nSPS) is 11.3. The Morgan fingerprint density at radius 1 is 1.19 bits per heavy atom. The maximum Gasteiger partial charge on any atom is 0.387 e. The van der Waals surface area contributed by atoms with Gasteiger partial charge in [0.25, 0.3) is 18.0 Å². The minimum atomic E-state index is -2.91. The third-order valence-corrected chi connectivity index (χ3v) is 4.33. The summed E-state index contributed by atoms with van der Waals surface area (Å²) >= 11 is 0.940. The predicted octanol–water partition coefficient (Wildman–Crippen LogP) is 3.99. The summed E-state index contributed by atoms with van der Waals surface area (Å²) in [5.41, 5.74) is 0.626. The van der Waals surface area contributed by atoms with Crippen LogP contribution in [-0.2, 0) is 9.63 Å². The Balaban J connectivity index is 1.83. The fraction of sp³-hybridized carbons (Fsp3) is 0.158. The van der Waals surface area contributed by atoms with Gasteiger partial charge in [-0.3, -0.25) is 4.79 Å². The molecule has 162 valence electrons. The van der Waals surface area contributed by atoms with Crippen LogP contribution in [0.5, 0.6) is 16.7 Å². The molecule has 8 nitrogen and oxygen atoms in total. The third-order valence-electron chi connectivity index (χ3n) is 3.73. The number of ether oxygens (including phenoxy) is 2. The number of oxime groups is 1. The van der Waals surface area contributed by atoms with Crippen LogP contribution < -0.4 is 14.8 Å². The van der Waals surface area contributed by atoms with Crippen molar-refractivity contribution in [3.05, 3.63) is 54.1 Å². The fourth-order valence-electron chi connectivity index (χ4n) is 2.42. The fourth-order valence-corrected chi connectivity index (χ4v) is 2.98. The van der Waals surface area contributed by atoms with E-state index in [0.717, 1.165) is 11.5 Å². The van der Waals surface area contributed by atoms with Gasteiger partial charge in [-0.15, -0.1) is 0 Å². The number of alkyl halides is 3. The van der Waals surface area contributed by atoms with Gasteiger partial charge in [0.05, 0.1) is 5.56 Å². The van der Waals surface area contributed by atoms with Crippen molar-refractivity contribution in [2.45, 2.75) is 6.61 Å². The second-order valence-electron chi connectivity index (χ2n) is 5.64. The zero-order valence-corrected chi connectivity index (χ0v) is 16.7. The zero-order valence-electron chi connectivity index (χ0n) is 15.9. The highest BCUT2D eigenvalue weighted by Crippen LogP contribution is 2.30. The topological polar surface area (TPSA) is 94.9 Å². The van der Waals surface area contributed by atoms with Crippen LogP contribution >= 0.6 is 11.5 Å². The van der Waals surface area contributed by atoms with E-state index in [1.807, 2.05) is 0 Å². The average molecular weight is 452 g/mol. The number of carbonyl (C=O) groups is 1. The summed E-state index contributed by atoms with van der Waals surface area (Å²) in [6.45, 7) is -4.12. The van der Waals surface area contributed by atoms with Crippen molar-refractivity contribution in [2.75, 3.05) is 13.9 Å². The minimum Gasteiger partial charge on any atom is -0.435 e. The number of benzene rings is 2. The number of carbonyl (C=O) groups excluding carboxylic acids is 1. The number of aromatic nitrogens is 2. The molecule has 0 fully saturated rings. The molecule has 1 heterocycles. The zero-order chi connectivity index (χ0) is 22.2. The predicted molar refractivity (Wildman–Crippen MR) is 106 cm³/mol. The van der Waals surface area contributed by atoms with Crippen LogP contribution in [0.15, 0.2) is 53.7 Å². The highest BCUT2D eigenvalue weighted by atomic mass is 32.1. The van der Waals surface area contributed by atoms with E-state index in [2.05, 4.69) is 29.4 Å². The first kappa shape index (κ1) is 22.0. The van der Waals surface area contributed by atoms with E-state index in [-0.39, 0.29) is 28.0 Å². The molecule has 0 aliphatic carbocycles. The van der Waals surface area contributed by atoms with Crippen molar-refractivity contribution in [3.63, 3.8) is 0 Å². The SMILES string of the molecule is CNC(=O)/C(=N/OCF)c1ccccc1Oc1nc(-c2ccc(OC(F)F)cc2)ns1. The molecule has 0 spiro atoms. The molecule has 2 aromatic carbocycles. The maximum absolute atomic E-state index is 12.4. The van der Waals surface area contributed by atoms with E-state index in [1.54, 1.807) is 24.3 Å². The van der Waals surface area contributed by atoms with Gasteiger partial charge in [0.2, 0.25) is 0 Å². The molecule has 1 N–H and O–H groups in total. The smallest absolute Gasteiger partial charge is 0.387 e. The van der Waals surface area contributed by atoms with Crippen LogP contribution in [0.2, 0.25) is 0 Å². The Morgan fingerprint density at radius 2 is 1.94 bits per heavy atom. The lowest BCUT2D eigenvalue weighted by molar-refractivity contribution is -0.114. The number of hydrogen-bond donors (Lipinski definition) is 1. The number of halogens is 3. The van der Waals surface area contributed by atoms with Crippen LogP contribution in [-0.4, -0.2) is 41.5 Å². The van der Waals surface area contributed by atoms with Crippen molar-refractivity contribution in [1.29, 1.82) is 0 Å². The molecular formula is C19H15F3N4O4S. The van der Waals surface area contributed by atoms with Crippen molar-refractivity contribution >= 4 is 23.2 Å². The first-order chi connectivity index (χ1) is 15.0. The summed E-state index contributed by atoms with van der Waals surface area (Å²) in [6, 6.07) is 12.2. The van der Waals surface area contributed by atoms with Crippen LogP contribution in [0.4, 0.5) is 13.2 Å². The van der Waals surface area contributed by atoms with Crippen LogP contribution in [0.1, 0.15) is 5.56 Å². The van der Waals surface area contributed by atoms with Crippen molar-refractivity contribution in [1.82, 2.24) is 14.7 Å². The molecule has 0 atom stereocenters. The molecule has 12 heteroatoms. The third kappa shape index (κ3) is 5.69. The van der Waals surface area contributed by atoms with Gasteiger partial charge in [0.1, 0.15) is 11.5 Å². The Kier molecular flexibility index (Phi) is 7.38. The molecule has 0 bridgehead atoms. The van der Waals surface area contributed by atoms with Gasteiger partial charge in [0, 0.05) is 24.1 Å². The number of rotatable bonds is 9. The van der Waals surface area contributed by atoms with E-state index in [4.69, 9.17) is 4.74 Å². The summed E-state index contributed by atoms with van der Waals surface area (Å²) in [4.78, 5) is 20.8. The monoisotopic (exact) mass is 452 g/mol. The Bertz CT molecular complexity index is 1060. The number of nitrogens with one attached hydrogen (secondary N) is 1. The molecule has 3 aromatic rings. The van der Waals surface area contributed by atoms with Gasteiger partial charge in [-0.1, -0.05) is 17.3 Å². The van der Waals surface area contributed by atoms with Crippen LogP contribution in [0.25, 0.3) is 11.4 Å². The summed E-state index contributed by atoms with van der Waals surface area (Å²) in [5, 5.41) is 6.06. The highest BCUT2D eigenvalue weighted by molar-refractivity contribution is 7.07. The van der Waals surface area contributed by atoms with Gasteiger partial charge in [0.15, 0.2) is 11.5 Å². The number of amides is 1. The highest BCUT2D eigenvalue weighted by Gasteiger charge is 2.20. The van der Waals surface area contributed by atoms with Gasteiger partial charge in [-0.2, -0.15) is 18.1 Å². The maximum atomic E-state index is 12.4. The lowest BCUT2D eigenvalue weighted by Crippen LogP contribution is -2.29. The number of para-hydroxylation sites is 1. The number of nitrogens with zero attached hydrogens (tertiary/aromatic N) is 3. The van der Waals surface area contributed by atoms with Crippen molar-refractivity contribution in [3.8, 4) is 28.1 Å². The largest absolute Gasteiger partial charge is 0.435 e. The lowest BCUT2D eigenvalue weighted by Gasteiger charge is -2.10. The second-order valence-corrected chi connectivity index (χ2v) is 6.36. The van der Waals surface area contributed by atoms with E-state index in [9.17, 15) is 18.0 Å². The van der Waals surface area contributed by atoms with E-state index >= 15 is 0 Å². The quantitative estimate of drug-likeness (QED) is 0.390.